The summed E-state index contributed by atoms with van der Waals surface area (Å²) in [5.41, 5.74) is 0.585. The van der Waals surface area contributed by atoms with Crippen molar-refractivity contribution in [2.45, 2.75) is 6.42 Å². The Morgan fingerprint density at radius 3 is 2.94 bits per heavy atom. The van der Waals surface area contributed by atoms with E-state index in [4.69, 9.17) is 16.3 Å². The van der Waals surface area contributed by atoms with E-state index >= 15 is 0 Å². The first-order valence-electron chi connectivity index (χ1n) is 4.87. The van der Waals surface area contributed by atoms with Gasteiger partial charge in [-0.3, -0.25) is 4.79 Å². The molecular formula is C11H13BrClNO2. The number of amides is 1. The fourth-order valence-corrected chi connectivity index (χ4v) is 2.05. The number of halogens is 2. The van der Waals surface area contributed by atoms with Gasteiger partial charge in [-0.2, -0.15) is 0 Å². The molecule has 0 aliphatic heterocycles. The maximum Gasteiger partial charge on any atom is 0.252 e. The highest BCUT2D eigenvalue weighted by molar-refractivity contribution is 9.10. The largest absolute Gasteiger partial charge is 0.385 e. The van der Waals surface area contributed by atoms with Crippen LogP contribution in [0, 0.1) is 0 Å². The minimum Gasteiger partial charge on any atom is -0.385 e. The van der Waals surface area contributed by atoms with Gasteiger partial charge in [0, 0.05) is 29.8 Å². The first kappa shape index (κ1) is 13.5. The molecule has 0 heterocycles. The summed E-state index contributed by atoms with van der Waals surface area (Å²) in [6, 6.07) is 5.08. The third kappa shape index (κ3) is 4.12. The molecule has 0 saturated carbocycles. The number of hydrogen-bond donors (Lipinski definition) is 1. The molecule has 0 fully saturated rings. The molecule has 88 valence electrons. The molecule has 0 atom stereocenters. The van der Waals surface area contributed by atoms with Gasteiger partial charge >= 0.3 is 0 Å². The number of ether oxygens (including phenoxy) is 1. The Labute approximate surface area is 108 Å². The van der Waals surface area contributed by atoms with Crippen molar-refractivity contribution in [2.24, 2.45) is 0 Å². The molecule has 0 saturated heterocycles. The number of carbonyl (C=O) groups is 1. The zero-order valence-corrected chi connectivity index (χ0v) is 11.3. The third-order valence-corrected chi connectivity index (χ3v) is 2.88. The average Bonchev–Trinajstić information content (AvgIpc) is 2.24. The van der Waals surface area contributed by atoms with Crippen LogP contribution >= 0.6 is 27.5 Å². The minimum atomic E-state index is -0.111. The second-order valence-electron chi connectivity index (χ2n) is 3.23. The number of methoxy groups -OCH3 is 1. The Kier molecular flexibility index (Phi) is 5.80. The van der Waals surface area contributed by atoms with Crippen LogP contribution in [0.5, 0.6) is 0 Å². The molecule has 1 rings (SSSR count). The molecule has 0 aromatic heterocycles. The van der Waals surface area contributed by atoms with Gasteiger partial charge in [-0.25, -0.2) is 0 Å². The van der Waals surface area contributed by atoms with Crippen LogP contribution in [0.25, 0.3) is 0 Å². The average molecular weight is 307 g/mol. The molecule has 16 heavy (non-hydrogen) atoms. The van der Waals surface area contributed by atoms with Crippen molar-refractivity contribution in [3.63, 3.8) is 0 Å². The van der Waals surface area contributed by atoms with Gasteiger partial charge in [0.25, 0.3) is 5.91 Å². The molecule has 5 heteroatoms. The molecule has 1 amide bonds. The molecule has 3 nitrogen and oxygen atoms in total. The van der Waals surface area contributed by atoms with Gasteiger partial charge in [-0.1, -0.05) is 11.6 Å². The molecular weight excluding hydrogens is 293 g/mol. The van der Waals surface area contributed by atoms with Gasteiger partial charge < -0.3 is 10.1 Å². The lowest BCUT2D eigenvalue weighted by Gasteiger charge is -2.06. The summed E-state index contributed by atoms with van der Waals surface area (Å²) in [7, 11) is 1.64. The summed E-state index contributed by atoms with van der Waals surface area (Å²) in [5.74, 6) is -0.111. The van der Waals surface area contributed by atoms with Crippen LogP contribution in [0.3, 0.4) is 0 Å². The molecule has 0 aliphatic carbocycles. The molecule has 0 spiro atoms. The highest BCUT2D eigenvalue weighted by atomic mass is 79.9. The molecule has 1 aromatic rings. The summed E-state index contributed by atoms with van der Waals surface area (Å²) < 4.78 is 5.59. The van der Waals surface area contributed by atoms with Gasteiger partial charge in [0.1, 0.15) is 0 Å². The van der Waals surface area contributed by atoms with E-state index in [-0.39, 0.29) is 5.91 Å². The first-order valence-corrected chi connectivity index (χ1v) is 6.04. The van der Waals surface area contributed by atoms with Crippen LogP contribution in [-0.4, -0.2) is 26.2 Å². The van der Waals surface area contributed by atoms with Crippen LogP contribution in [0.4, 0.5) is 0 Å². The van der Waals surface area contributed by atoms with Crippen LogP contribution in [0.1, 0.15) is 16.8 Å². The van der Waals surface area contributed by atoms with E-state index < -0.39 is 0 Å². The molecule has 0 radical (unpaired) electrons. The highest BCUT2D eigenvalue weighted by Crippen LogP contribution is 2.21. The summed E-state index contributed by atoms with van der Waals surface area (Å²) in [6.45, 7) is 1.24. The number of rotatable bonds is 5. The van der Waals surface area contributed by atoms with E-state index in [1.807, 2.05) is 0 Å². The summed E-state index contributed by atoms with van der Waals surface area (Å²) in [6.07, 6.45) is 0.799. The zero-order chi connectivity index (χ0) is 12.0. The Morgan fingerprint density at radius 2 is 2.31 bits per heavy atom. The topological polar surface area (TPSA) is 38.3 Å². The second kappa shape index (κ2) is 6.89. The quantitative estimate of drug-likeness (QED) is 0.850. The van der Waals surface area contributed by atoms with E-state index in [2.05, 4.69) is 21.2 Å². The van der Waals surface area contributed by atoms with E-state index in [0.29, 0.717) is 28.2 Å². The fourth-order valence-electron chi connectivity index (χ4n) is 1.19. The monoisotopic (exact) mass is 305 g/mol. The third-order valence-electron chi connectivity index (χ3n) is 1.99. The van der Waals surface area contributed by atoms with Crippen molar-refractivity contribution in [1.29, 1.82) is 0 Å². The van der Waals surface area contributed by atoms with Crippen molar-refractivity contribution in [2.75, 3.05) is 20.3 Å². The predicted molar refractivity (Wildman–Crippen MR) is 68.0 cm³/mol. The van der Waals surface area contributed by atoms with Crippen molar-refractivity contribution in [1.82, 2.24) is 5.32 Å². The van der Waals surface area contributed by atoms with Crippen molar-refractivity contribution >= 4 is 33.4 Å². The summed E-state index contributed by atoms with van der Waals surface area (Å²) in [4.78, 5) is 11.7. The van der Waals surface area contributed by atoms with Gasteiger partial charge in [0.2, 0.25) is 0 Å². The lowest BCUT2D eigenvalue weighted by Crippen LogP contribution is -2.25. The standard InChI is InChI=1S/C11H13BrClNO2/c1-16-6-2-5-14-11(15)9-4-3-8(13)7-10(9)12/h3-4,7H,2,5-6H2,1H3,(H,14,15). The van der Waals surface area contributed by atoms with Crippen molar-refractivity contribution in [3.05, 3.63) is 33.3 Å². The number of hydrogen-bond acceptors (Lipinski definition) is 2. The van der Waals surface area contributed by atoms with E-state index in [9.17, 15) is 4.79 Å². The Hall–Kier alpha value is -0.580. The zero-order valence-electron chi connectivity index (χ0n) is 8.93. The number of benzene rings is 1. The van der Waals surface area contributed by atoms with E-state index in [1.54, 1.807) is 25.3 Å². The number of carbonyl (C=O) groups excluding carboxylic acids is 1. The molecule has 0 aliphatic rings. The van der Waals surface area contributed by atoms with Crippen LogP contribution in [-0.2, 0) is 4.74 Å². The first-order chi connectivity index (χ1) is 7.65. The van der Waals surface area contributed by atoms with Crippen LogP contribution in [0.15, 0.2) is 22.7 Å². The Balaban J connectivity index is 2.53. The minimum absolute atomic E-state index is 0.111. The summed E-state index contributed by atoms with van der Waals surface area (Å²) >= 11 is 9.09. The Bertz CT molecular complexity index is 371. The summed E-state index contributed by atoms with van der Waals surface area (Å²) in [5, 5.41) is 3.40. The molecule has 0 unspecified atom stereocenters. The normalized spacial score (nSPS) is 10.2. The number of nitrogens with one attached hydrogen (secondary N) is 1. The van der Waals surface area contributed by atoms with Gasteiger partial charge in [0.15, 0.2) is 0 Å². The lowest BCUT2D eigenvalue weighted by molar-refractivity contribution is 0.0948. The highest BCUT2D eigenvalue weighted by Gasteiger charge is 2.09. The predicted octanol–water partition coefficient (Wildman–Crippen LogP) is 2.87. The molecule has 1 aromatic carbocycles. The van der Waals surface area contributed by atoms with E-state index in [1.165, 1.54) is 0 Å². The SMILES string of the molecule is COCCCNC(=O)c1ccc(Cl)cc1Br. The van der Waals surface area contributed by atoms with Crippen molar-refractivity contribution < 1.29 is 9.53 Å². The van der Waals surface area contributed by atoms with Gasteiger partial charge in [-0.05, 0) is 40.5 Å². The fraction of sp³-hybridized carbons (Fsp3) is 0.364. The maximum atomic E-state index is 11.7. The van der Waals surface area contributed by atoms with Gasteiger partial charge in [0.05, 0.1) is 5.56 Å². The molecule has 0 bridgehead atoms. The smallest absolute Gasteiger partial charge is 0.252 e. The van der Waals surface area contributed by atoms with Crippen LogP contribution < -0.4 is 5.32 Å². The van der Waals surface area contributed by atoms with Crippen LogP contribution in [0.2, 0.25) is 5.02 Å². The van der Waals surface area contributed by atoms with E-state index in [0.717, 1.165) is 6.42 Å². The van der Waals surface area contributed by atoms with Crippen molar-refractivity contribution in [3.8, 4) is 0 Å². The molecule has 1 N–H and O–H groups in total. The second-order valence-corrected chi connectivity index (χ2v) is 4.52. The lowest BCUT2D eigenvalue weighted by atomic mass is 10.2. The van der Waals surface area contributed by atoms with Gasteiger partial charge in [-0.15, -0.1) is 0 Å². The maximum absolute atomic E-state index is 11.7. The Morgan fingerprint density at radius 1 is 1.56 bits per heavy atom.